The van der Waals surface area contributed by atoms with Crippen LogP contribution in [-0.4, -0.2) is 10.9 Å². The van der Waals surface area contributed by atoms with Crippen LogP contribution in [0.4, 0.5) is 4.39 Å². The SMILES string of the molecule is C[C@H](NC(=O)/C=C/c1ccc(F)cc1Cl)c1cccc(Oc2ccncc2)c1. The van der Waals surface area contributed by atoms with Crippen molar-refractivity contribution in [2.24, 2.45) is 0 Å². The Kier molecular flexibility index (Phi) is 6.40. The summed E-state index contributed by atoms with van der Waals surface area (Å²) >= 11 is 5.96. The van der Waals surface area contributed by atoms with E-state index in [0.717, 1.165) is 5.56 Å². The Bertz CT molecular complexity index is 993. The molecule has 0 saturated carbocycles. The zero-order valence-electron chi connectivity index (χ0n) is 15.1. The Labute approximate surface area is 167 Å². The van der Waals surface area contributed by atoms with Gasteiger partial charge in [-0.3, -0.25) is 9.78 Å². The number of hydrogen-bond donors (Lipinski definition) is 1. The summed E-state index contributed by atoms with van der Waals surface area (Å²) in [5.74, 6) is 0.642. The smallest absolute Gasteiger partial charge is 0.244 e. The highest BCUT2D eigenvalue weighted by atomic mass is 35.5. The molecule has 28 heavy (non-hydrogen) atoms. The number of nitrogens with one attached hydrogen (secondary N) is 1. The zero-order chi connectivity index (χ0) is 19.9. The molecule has 1 heterocycles. The van der Waals surface area contributed by atoms with Gasteiger partial charge in [0.2, 0.25) is 5.91 Å². The number of pyridine rings is 1. The number of carbonyl (C=O) groups excluding carboxylic acids is 1. The van der Waals surface area contributed by atoms with Gasteiger partial charge in [-0.05, 0) is 60.5 Å². The maximum Gasteiger partial charge on any atom is 0.244 e. The first-order valence-electron chi connectivity index (χ1n) is 8.63. The van der Waals surface area contributed by atoms with E-state index in [0.29, 0.717) is 17.1 Å². The van der Waals surface area contributed by atoms with Crippen LogP contribution in [0.1, 0.15) is 24.1 Å². The summed E-state index contributed by atoms with van der Waals surface area (Å²) in [7, 11) is 0. The van der Waals surface area contributed by atoms with Crippen molar-refractivity contribution >= 4 is 23.6 Å². The monoisotopic (exact) mass is 396 g/mol. The summed E-state index contributed by atoms with van der Waals surface area (Å²) < 4.78 is 18.9. The predicted octanol–water partition coefficient (Wildman–Crippen LogP) is 5.56. The van der Waals surface area contributed by atoms with Crippen molar-refractivity contribution in [3.05, 3.63) is 95.0 Å². The van der Waals surface area contributed by atoms with Gasteiger partial charge in [-0.1, -0.05) is 29.8 Å². The lowest BCUT2D eigenvalue weighted by molar-refractivity contribution is -0.117. The molecule has 1 N–H and O–H groups in total. The van der Waals surface area contributed by atoms with Gasteiger partial charge >= 0.3 is 0 Å². The van der Waals surface area contributed by atoms with Crippen LogP contribution < -0.4 is 10.1 Å². The van der Waals surface area contributed by atoms with Crippen molar-refractivity contribution in [1.29, 1.82) is 0 Å². The average Bonchev–Trinajstić information content (AvgIpc) is 2.68. The normalized spacial score (nSPS) is 12.0. The van der Waals surface area contributed by atoms with Gasteiger partial charge < -0.3 is 10.1 Å². The lowest BCUT2D eigenvalue weighted by atomic mass is 10.1. The Morgan fingerprint density at radius 1 is 1.14 bits per heavy atom. The summed E-state index contributed by atoms with van der Waals surface area (Å²) in [5.41, 5.74) is 1.46. The van der Waals surface area contributed by atoms with E-state index < -0.39 is 5.82 Å². The topological polar surface area (TPSA) is 51.2 Å². The summed E-state index contributed by atoms with van der Waals surface area (Å²) in [6.45, 7) is 1.88. The molecule has 3 aromatic rings. The second kappa shape index (κ2) is 9.15. The van der Waals surface area contributed by atoms with Gasteiger partial charge in [0, 0.05) is 18.5 Å². The van der Waals surface area contributed by atoms with Crippen molar-refractivity contribution in [3.63, 3.8) is 0 Å². The first-order valence-corrected chi connectivity index (χ1v) is 9.00. The number of hydrogen-bond acceptors (Lipinski definition) is 3. The first-order chi connectivity index (χ1) is 13.5. The minimum atomic E-state index is -0.422. The molecule has 4 nitrogen and oxygen atoms in total. The molecule has 0 radical (unpaired) electrons. The third-order valence-electron chi connectivity index (χ3n) is 3.98. The molecule has 0 bridgehead atoms. The lowest BCUT2D eigenvalue weighted by Gasteiger charge is -2.14. The van der Waals surface area contributed by atoms with Crippen LogP contribution in [0, 0.1) is 5.82 Å². The highest BCUT2D eigenvalue weighted by Crippen LogP contribution is 2.24. The number of halogens is 2. The van der Waals surface area contributed by atoms with Gasteiger partial charge in [0.1, 0.15) is 17.3 Å². The van der Waals surface area contributed by atoms with E-state index in [-0.39, 0.29) is 17.0 Å². The van der Waals surface area contributed by atoms with Crippen LogP contribution >= 0.6 is 11.6 Å². The van der Waals surface area contributed by atoms with E-state index in [1.165, 1.54) is 24.3 Å². The van der Waals surface area contributed by atoms with Crippen LogP contribution in [0.5, 0.6) is 11.5 Å². The largest absolute Gasteiger partial charge is 0.457 e. The maximum absolute atomic E-state index is 13.1. The van der Waals surface area contributed by atoms with Crippen LogP contribution in [0.2, 0.25) is 5.02 Å². The molecule has 2 aromatic carbocycles. The van der Waals surface area contributed by atoms with Gasteiger partial charge in [0.05, 0.1) is 11.1 Å². The van der Waals surface area contributed by atoms with Crippen molar-refractivity contribution in [2.45, 2.75) is 13.0 Å². The summed E-state index contributed by atoms with van der Waals surface area (Å²) in [6.07, 6.45) is 6.23. The number of amides is 1. The van der Waals surface area contributed by atoms with Crippen molar-refractivity contribution in [1.82, 2.24) is 10.3 Å². The fraction of sp³-hybridized carbons (Fsp3) is 0.0909. The average molecular weight is 397 g/mol. The molecule has 6 heteroatoms. The minimum absolute atomic E-state index is 0.234. The summed E-state index contributed by atoms with van der Waals surface area (Å²) in [4.78, 5) is 16.2. The molecule has 0 spiro atoms. The number of nitrogens with zero attached hydrogens (tertiary/aromatic N) is 1. The van der Waals surface area contributed by atoms with Gasteiger partial charge in [0.15, 0.2) is 0 Å². The van der Waals surface area contributed by atoms with E-state index >= 15 is 0 Å². The van der Waals surface area contributed by atoms with E-state index in [2.05, 4.69) is 10.3 Å². The third kappa shape index (κ3) is 5.41. The van der Waals surface area contributed by atoms with Crippen LogP contribution in [0.3, 0.4) is 0 Å². The lowest BCUT2D eigenvalue weighted by Crippen LogP contribution is -2.24. The van der Waals surface area contributed by atoms with E-state index in [1.807, 2.05) is 31.2 Å². The summed E-state index contributed by atoms with van der Waals surface area (Å²) in [6, 6.07) is 14.8. The highest BCUT2D eigenvalue weighted by molar-refractivity contribution is 6.32. The van der Waals surface area contributed by atoms with Gasteiger partial charge in [-0.2, -0.15) is 0 Å². The third-order valence-corrected chi connectivity index (χ3v) is 4.31. The zero-order valence-corrected chi connectivity index (χ0v) is 15.9. The molecule has 0 aliphatic heterocycles. The number of rotatable bonds is 6. The molecular weight excluding hydrogens is 379 g/mol. The van der Waals surface area contributed by atoms with Gasteiger partial charge in [0.25, 0.3) is 0 Å². The number of carbonyl (C=O) groups is 1. The van der Waals surface area contributed by atoms with E-state index in [1.54, 1.807) is 30.6 Å². The Morgan fingerprint density at radius 2 is 1.93 bits per heavy atom. The number of ether oxygens (including phenoxy) is 1. The van der Waals surface area contributed by atoms with Crippen LogP contribution in [0.15, 0.2) is 73.1 Å². The van der Waals surface area contributed by atoms with Crippen molar-refractivity contribution < 1.29 is 13.9 Å². The van der Waals surface area contributed by atoms with E-state index in [4.69, 9.17) is 16.3 Å². The van der Waals surface area contributed by atoms with E-state index in [9.17, 15) is 9.18 Å². The summed E-state index contributed by atoms with van der Waals surface area (Å²) in [5, 5.41) is 3.13. The molecule has 0 aliphatic rings. The molecule has 0 fully saturated rings. The Morgan fingerprint density at radius 3 is 2.68 bits per heavy atom. The predicted molar refractivity (Wildman–Crippen MR) is 108 cm³/mol. The van der Waals surface area contributed by atoms with Crippen LogP contribution in [-0.2, 0) is 4.79 Å². The number of aromatic nitrogens is 1. The van der Waals surface area contributed by atoms with Crippen molar-refractivity contribution in [3.8, 4) is 11.5 Å². The number of benzene rings is 2. The highest BCUT2D eigenvalue weighted by Gasteiger charge is 2.09. The molecule has 142 valence electrons. The molecule has 1 amide bonds. The molecule has 0 aliphatic carbocycles. The van der Waals surface area contributed by atoms with Gasteiger partial charge in [-0.15, -0.1) is 0 Å². The molecular formula is C22H18ClFN2O2. The van der Waals surface area contributed by atoms with Crippen LogP contribution in [0.25, 0.3) is 6.08 Å². The Balaban J connectivity index is 1.63. The van der Waals surface area contributed by atoms with Crippen molar-refractivity contribution in [2.75, 3.05) is 0 Å². The fourth-order valence-corrected chi connectivity index (χ4v) is 2.77. The maximum atomic E-state index is 13.1. The molecule has 3 rings (SSSR count). The second-order valence-corrected chi connectivity index (χ2v) is 6.49. The molecule has 1 aromatic heterocycles. The molecule has 0 saturated heterocycles. The Hall–Kier alpha value is -3.18. The first kappa shape index (κ1) is 19.6. The molecule has 0 unspecified atom stereocenters. The second-order valence-electron chi connectivity index (χ2n) is 6.09. The van der Waals surface area contributed by atoms with Gasteiger partial charge in [-0.25, -0.2) is 4.39 Å². The minimum Gasteiger partial charge on any atom is -0.457 e. The quantitative estimate of drug-likeness (QED) is 0.555. The molecule has 1 atom stereocenters. The standard InChI is InChI=1S/C22H18ClFN2O2/c1-15(26-22(27)8-6-16-5-7-18(24)14-21(16)23)17-3-2-4-20(13-17)28-19-9-11-25-12-10-19/h2-15H,1H3,(H,26,27)/b8-6+/t15-/m0/s1. The fourth-order valence-electron chi connectivity index (χ4n) is 2.54.